The van der Waals surface area contributed by atoms with Crippen molar-refractivity contribution in [3.63, 3.8) is 0 Å². The van der Waals surface area contributed by atoms with E-state index in [2.05, 4.69) is 46.0 Å². The number of anilines is 1. The van der Waals surface area contributed by atoms with E-state index in [1.165, 1.54) is 5.69 Å². The zero-order chi connectivity index (χ0) is 21.3. The number of hydrogen-bond donors (Lipinski definition) is 2. The van der Waals surface area contributed by atoms with Crippen molar-refractivity contribution >= 4 is 23.3 Å². The predicted molar refractivity (Wildman–Crippen MR) is 120 cm³/mol. The largest absolute Gasteiger partial charge is 0.477 e. The van der Waals surface area contributed by atoms with Crippen LogP contribution in [0.15, 0.2) is 48.5 Å². The fourth-order valence-corrected chi connectivity index (χ4v) is 4.08. The third-order valence-electron chi connectivity index (χ3n) is 5.74. The van der Waals surface area contributed by atoms with Gasteiger partial charge < -0.3 is 19.9 Å². The van der Waals surface area contributed by atoms with E-state index in [0.29, 0.717) is 28.1 Å². The summed E-state index contributed by atoms with van der Waals surface area (Å²) in [5, 5.41) is 10.2. The Kier molecular flexibility index (Phi) is 5.79. The SMILES string of the molecule is CN(C)C1CCN(c2ccc(-c3nc(-c4ccc(Cl)cc4)c(C(=O)O)[nH]3)cc2)CC1. The van der Waals surface area contributed by atoms with Gasteiger partial charge in [-0.25, -0.2) is 9.78 Å². The number of hydrogen-bond acceptors (Lipinski definition) is 4. The smallest absolute Gasteiger partial charge is 0.354 e. The molecule has 30 heavy (non-hydrogen) atoms. The number of nitrogens with zero attached hydrogens (tertiary/aromatic N) is 3. The zero-order valence-corrected chi connectivity index (χ0v) is 17.9. The highest BCUT2D eigenvalue weighted by Gasteiger charge is 2.22. The summed E-state index contributed by atoms with van der Waals surface area (Å²) in [5.74, 6) is -0.505. The first kappa shape index (κ1) is 20.4. The highest BCUT2D eigenvalue weighted by Crippen LogP contribution is 2.29. The topological polar surface area (TPSA) is 72.5 Å². The van der Waals surface area contributed by atoms with Gasteiger partial charge in [-0.15, -0.1) is 0 Å². The lowest BCUT2D eigenvalue weighted by molar-refractivity contribution is 0.0692. The van der Waals surface area contributed by atoms with Crippen LogP contribution in [-0.4, -0.2) is 59.2 Å². The lowest BCUT2D eigenvalue weighted by Gasteiger charge is -2.36. The van der Waals surface area contributed by atoms with Crippen molar-refractivity contribution in [3.05, 3.63) is 59.2 Å². The molecule has 0 aliphatic carbocycles. The minimum Gasteiger partial charge on any atom is -0.477 e. The fourth-order valence-electron chi connectivity index (χ4n) is 3.95. The van der Waals surface area contributed by atoms with E-state index in [0.717, 1.165) is 31.5 Å². The summed E-state index contributed by atoms with van der Waals surface area (Å²) in [6.45, 7) is 2.07. The van der Waals surface area contributed by atoms with Gasteiger partial charge in [-0.3, -0.25) is 0 Å². The maximum absolute atomic E-state index is 11.7. The normalized spacial score (nSPS) is 15.0. The molecule has 4 rings (SSSR count). The molecule has 0 amide bonds. The maximum Gasteiger partial charge on any atom is 0.354 e. The summed E-state index contributed by atoms with van der Waals surface area (Å²) in [4.78, 5) is 24.0. The van der Waals surface area contributed by atoms with Crippen molar-refractivity contribution in [1.29, 1.82) is 0 Å². The Morgan fingerprint density at radius 3 is 2.23 bits per heavy atom. The first-order valence-electron chi connectivity index (χ1n) is 10.0. The number of H-pyrrole nitrogens is 1. The summed E-state index contributed by atoms with van der Waals surface area (Å²) in [6.07, 6.45) is 2.30. The number of carbonyl (C=O) groups is 1. The Hall–Kier alpha value is -2.83. The van der Waals surface area contributed by atoms with E-state index in [9.17, 15) is 9.90 Å². The highest BCUT2D eigenvalue weighted by atomic mass is 35.5. The monoisotopic (exact) mass is 424 g/mol. The van der Waals surface area contributed by atoms with Crippen LogP contribution in [0.4, 0.5) is 5.69 Å². The molecule has 1 aromatic heterocycles. The van der Waals surface area contributed by atoms with Crippen LogP contribution in [0.1, 0.15) is 23.3 Å². The maximum atomic E-state index is 11.7. The lowest BCUT2D eigenvalue weighted by atomic mass is 10.0. The first-order chi connectivity index (χ1) is 14.4. The third-order valence-corrected chi connectivity index (χ3v) is 5.99. The van der Waals surface area contributed by atoms with Crippen molar-refractivity contribution in [2.75, 3.05) is 32.1 Å². The van der Waals surface area contributed by atoms with E-state index in [1.54, 1.807) is 24.3 Å². The molecule has 0 spiro atoms. The number of imidazole rings is 1. The molecule has 2 heterocycles. The van der Waals surface area contributed by atoms with Gasteiger partial charge >= 0.3 is 5.97 Å². The number of halogens is 1. The second-order valence-corrected chi connectivity index (χ2v) is 8.29. The first-order valence-corrected chi connectivity index (χ1v) is 10.4. The van der Waals surface area contributed by atoms with Gasteiger partial charge in [0.2, 0.25) is 0 Å². The van der Waals surface area contributed by atoms with Gasteiger partial charge in [-0.2, -0.15) is 0 Å². The number of carboxylic acids is 1. The minimum absolute atomic E-state index is 0.0714. The molecule has 6 nitrogen and oxygen atoms in total. The molecule has 1 aliphatic heterocycles. The third kappa shape index (κ3) is 4.20. The second kappa shape index (κ2) is 8.50. The van der Waals surface area contributed by atoms with E-state index in [-0.39, 0.29) is 5.69 Å². The molecule has 2 aromatic carbocycles. The van der Waals surface area contributed by atoms with Gasteiger partial charge in [0.05, 0.1) is 0 Å². The molecule has 7 heteroatoms. The summed E-state index contributed by atoms with van der Waals surface area (Å²) in [7, 11) is 4.28. The van der Waals surface area contributed by atoms with Crippen LogP contribution >= 0.6 is 11.6 Å². The van der Waals surface area contributed by atoms with Crippen LogP contribution in [0.5, 0.6) is 0 Å². The lowest BCUT2D eigenvalue weighted by Crippen LogP contribution is -2.41. The summed E-state index contributed by atoms with van der Waals surface area (Å²) >= 11 is 5.95. The number of piperidine rings is 1. The Morgan fingerprint density at radius 1 is 1.07 bits per heavy atom. The van der Waals surface area contributed by atoms with Crippen LogP contribution in [0.2, 0.25) is 5.02 Å². The average molecular weight is 425 g/mol. The summed E-state index contributed by atoms with van der Waals surface area (Å²) in [6, 6.07) is 15.8. The predicted octanol–water partition coefficient (Wildman–Crippen LogP) is 4.63. The van der Waals surface area contributed by atoms with Gasteiger partial charge in [0, 0.05) is 41.0 Å². The van der Waals surface area contributed by atoms with Crippen LogP contribution in [-0.2, 0) is 0 Å². The van der Waals surface area contributed by atoms with Crippen molar-refractivity contribution < 1.29 is 9.90 Å². The van der Waals surface area contributed by atoms with Crippen molar-refractivity contribution in [3.8, 4) is 22.6 Å². The van der Waals surface area contributed by atoms with Gasteiger partial charge in [0.15, 0.2) is 5.69 Å². The van der Waals surface area contributed by atoms with E-state index in [1.807, 2.05) is 12.1 Å². The Morgan fingerprint density at radius 2 is 1.67 bits per heavy atom. The second-order valence-electron chi connectivity index (χ2n) is 7.85. The van der Waals surface area contributed by atoms with E-state index < -0.39 is 5.97 Å². The molecule has 0 atom stereocenters. The molecule has 0 saturated carbocycles. The van der Waals surface area contributed by atoms with E-state index in [4.69, 9.17) is 11.6 Å². The molecule has 0 unspecified atom stereocenters. The number of benzene rings is 2. The average Bonchev–Trinajstić information content (AvgIpc) is 3.20. The molecule has 1 aliphatic rings. The number of carboxylic acid groups (broad SMARTS) is 1. The molecule has 1 fully saturated rings. The highest BCUT2D eigenvalue weighted by molar-refractivity contribution is 6.30. The van der Waals surface area contributed by atoms with Crippen molar-refractivity contribution in [2.45, 2.75) is 18.9 Å². The number of aromatic amines is 1. The van der Waals surface area contributed by atoms with Crippen molar-refractivity contribution in [1.82, 2.24) is 14.9 Å². The van der Waals surface area contributed by atoms with Gasteiger partial charge in [0.1, 0.15) is 11.5 Å². The molecular formula is C23H25ClN4O2. The zero-order valence-electron chi connectivity index (χ0n) is 17.1. The molecule has 2 N–H and O–H groups in total. The van der Waals surface area contributed by atoms with Crippen LogP contribution in [0.25, 0.3) is 22.6 Å². The van der Waals surface area contributed by atoms with Crippen LogP contribution in [0, 0.1) is 0 Å². The molecule has 156 valence electrons. The van der Waals surface area contributed by atoms with Gasteiger partial charge in [-0.05, 0) is 63.3 Å². The van der Waals surface area contributed by atoms with Gasteiger partial charge in [0.25, 0.3) is 0 Å². The van der Waals surface area contributed by atoms with Crippen LogP contribution < -0.4 is 4.90 Å². The number of aromatic nitrogens is 2. The Balaban J connectivity index is 1.57. The molecule has 1 saturated heterocycles. The molecular weight excluding hydrogens is 400 g/mol. The molecule has 3 aromatic rings. The molecule has 0 bridgehead atoms. The standard InChI is InChI=1S/C23H25ClN4O2/c1-27(2)18-11-13-28(14-12-18)19-9-5-16(6-10-19)22-25-20(21(26-22)23(29)30)15-3-7-17(24)8-4-15/h3-10,18H,11-14H2,1-2H3,(H,25,26)(H,29,30). The molecule has 0 radical (unpaired) electrons. The number of rotatable bonds is 5. The van der Waals surface area contributed by atoms with E-state index >= 15 is 0 Å². The van der Waals surface area contributed by atoms with Crippen molar-refractivity contribution in [2.24, 2.45) is 0 Å². The summed E-state index contributed by atoms with van der Waals surface area (Å²) < 4.78 is 0. The minimum atomic E-state index is -1.04. The number of nitrogens with one attached hydrogen (secondary N) is 1. The summed E-state index contributed by atoms with van der Waals surface area (Å²) in [5.41, 5.74) is 3.22. The Bertz CT molecular complexity index is 1020. The number of aromatic carboxylic acids is 1. The van der Waals surface area contributed by atoms with Crippen LogP contribution in [0.3, 0.4) is 0 Å². The Labute approximate surface area is 181 Å². The fraction of sp³-hybridized carbons (Fsp3) is 0.304. The quantitative estimate of drug-likeness (QED) is 0.625. The van der Waals surface area contributed by atoms with Gasteiger partial charge in [-0.1, -0.05) is 23.7 Å².